The summed E-state index contributed by atoms with van der Waals surface area (Å²) < 4.78 is 0. The van der Waals surface area contributed by atoms with Crippen molar-refractivity contribution < 1.29 is 9.59 Å². The molecule has 0 saturated carbocycles. The molecular weight excluding hydrogens is 362 g/mol. The second-order valence-electron chi connectivity index (χ2n) is 6.58. The molecule has 0 unspecified atom stereocenters. The first kappa shape index (κ1) is 19.1. The molecule has 1 aliphatic heterocycles. The molecule has 2 amide bonds. The number of rotatable bonds is 5. The van der Waals surface area contributed by atoms with Crippen LogP contribution in [0.3, 0.4) is 0 Å². The number of nitrogens with one attached hydrogen (secondary N) is 1. The fourth-order valence-electron chi connectivity index (χ4n) is 3.09. The van der Waals surface area contributed by atoms with Crippen molar-refractivity contribution in [3.8, 4) is 0 Å². The summed E-state index contributed by atoms with van der Waals surface area (Å²) in [5, 5.41) is 3.55. The van der Waals surface area contributed by atoms with Gasteiger partial charge in [0.1, 0.15) is 0 Å². The Bertz CT molecular complexity index is 815. The van der Waals surface area contributed by atoms with Crippen molar-refractivity contribution in [2.45, 2.75) is 12.8 Å². The molecule has 1 N–H and O–H groups in total. The Kier molecular flexibility index (Phi) is 6.60. The highest BCUT2D eigenvalue weighted by molar-refractivity contribution is 6.32. The van der Waals surface area contributed by atoms with Crippen LogP contribution in [0.1, 0.15) is 28.8 Å². The molecule has 0 aliphatic carbocycles. The molecule has 0 spiro atoms. The molecule has 1 saturated heterocycles. The van der Waals surface area contributed by atoms with Crippen LogP contribution in [-0.2, 0) is 4.79 Å². The van der Waals surface area contributed by atoms with E-state index in [9.17, 15) is 9.59 Å². The Labute approximate surface area is 164 Å². The van der Waals surface area contributed by atoms with Gasteiger partial charge in [0.15, 0.2) is 0 Å². The lowest BCUT2D eigenvalue weighted by atomic mass is 9.96. The van der Waals surface area contributed by atoms with E-state index in [0.717, 1.165) is 18.4 Å². The largest absolute Gasteiger partial charge is 0.352 e. The van der Waals surface area contributed by atoms with Crippen LogP contribution < -0.4 is 5.32 Å². The van der Waals surface area contributed by atoms with Crippen molar-refractivity contribution in [1.29, 1.82) is 0 Å². The van der Waals surface area contributed by atoms with E-state index >= 15 is 0 Å². The van der Waals surface area contributed by atoms with Gasteiger partial charge in [0.05, 0.1) is 5.56 Å². The second kappa shape index (κ2) is 9.33. The molecular formula is C21H22ClN3O2. The molecule has 27 heavy (non-hydrogen) atoms. The molecule has 0 radical (unpaired) electrons. The minimum Gasteiger partial charge on any atom is -0.352 e. The SMILES string of the molecule is O=C(/C=C/c1ccccc1Cl)NCC1CCN(C(=O)c2cccnc2)CC1. The minimum absolute atomic E-state index is 0.0215. The molecule has 0 atom stereocenters. The molecule has 140 valence electrons. The highest BCUT2D eigenvalue weighted by atomic mass is 35.5. The van der Waals surface area contributed by atoms with Gasteiger partial charge in [-0.25, -0.2) is 0 Å². The van der Waals surface area contributed by atoms with Gasteiger partial charge in [0.2, 0.25) is 5.91 Å². The number of nitrogens with zero attached hydrogens (tertiary/aromatic N) is 2. The topological polar surface area (TPSA) is 62.3 Å². The highest BCUT2D eigenvalue weighted by Gasteiger charge is 2.23. The summed E-state index contributed by atoms with van der Waals surface area (Å²) in [6.07, 6.45) is 8.22. The van der Waals surface area contributed by atoms with Crippen molar-refractivity contribution in [2.24, 2.45) is 5.92 Å². The Morgan fingerprint density at radius 2 is 1.96 bits per heavy atom. The van der Waals surface area contributed by atoms with Gasteiger partial charge >= 0.3 is 0 Å². The number of hydrogen-bond acceptors (Lipinski definition) is 3. The number of halogens is 1. The number of carbonyl (C=O) groups is 2. The lowest BCUT2D eigenvalue weighted by Crippen LogP contribution is -2.41. The lowest BCUT2D eigenvalue weighted by molar-refractivity contribution is -0.116. The summed E-state index contributed by atoms with van der Waals surface area (Å²) in [5.74, 6) is 0.262. The second-order valence-corrected chi connectivity index (χ2v) is 6.98. The zero-order chi connectivity index (χ0) is 19.1. The zero-order valence-corrected chi connectivity index (χ0v) is 15.7. The first-order valence-corrected chi connectivity index (χ1v) is 9.41. The van der Waals surface area contributed by atoms with Gasteiger partial charge < -0.3 is 10.2 Å². The van der Waals surface area contributed by atoms with Gasteiger partial charge in [0, 0.05) is 43.1 Å². The van der Waals surface area contributed by atoms with Gasteiger partial charge in [0.25, 0.3) is 5.91 Å². The van der Waals surface area contributed by atoms with E-state index in [1.165, 1.54) is 6.08 Å². The first-order valence-electron chi connectivity index (χ1n) is 9.03. The maximum absolute atomic E-state index is 12.4. The third-order valence-corrected chi connectivity index (χ3v) is 5.04. The third kappa shape index (κ3) is 5.41. The van der Waals surface area contributed by atoms with E-state index in [4.69, 9.17) is 11.6 Å². The predicted molar refractivity (Wildman–Crippen MR) is 106 cm³/mol. The Balaban J connectivity index is 1.42. The number of amides is 2. The summed E-state index contributed by atoms with van der Waals surface area (Å²) in [7, 11) is 0. The van der Waals surface area contributed by atoms with Gasteiger partial charge in [-0.15, -0.1) is 0 Å². The fraction of sp³-hybridized carbons (Fsp3) is 0.286. The average molecular weight is 384 g/mol. The standard InChI is InChI=1S/C21H22ClN3O2/c22-19-6-2-1-4-17(19)7-8-20(26)24-14-16-9-12-25(13-10-16)21(27)18-5-3-11-23-15-18/h1-8,11,15-16H,9-10,12-14H2,(H,24,26)/b8-7+. The molecule has 1 fully saturated rings. The number of carbonyl (C=O) groups excluding carboxylic acids is 2. The normalized spacial score (nSPS) is 15.1. The monoisotopic (exact) mass is 383 g/mol. The maximum atomic E-state index is 12.4. The van der Waals surface area contributed by atoms with Gasteiger partial charge in [-0.3, -0.25) is 14.6 Å². The highest BCUT2D eigenvalue weighted by Crippen LogP contribution is 2.19. The maximum Gasteiger partial charge on any atom is 0.255 e. The van der Waals surface area contributed by atoms with E-state index in [2.05, 4.69) is 10.3 Å². The molecule has 0 bridgehead atoms. The van der Waals surface area contributed by atoms with Gasteiger partial charge in [-0.2, -0.15) is 0 Å². The van der Waals surface area contributed by atoms with Crippen molar-refractivity contribution in [1.82, 2.24) is 15.2 Å². The van der Waals surface area contributed by atoms with Crippen molar-refractivity contribution in [3.63, 3.8) is 0 Å². The molecule has 1 aromatic heterocycles. The number of benzene rings is 1. The average Bonchev–Trinajstić information content (AvgIpc) is 2.72. The molecule has 3 rings (SSSR count). The first-order chi connectivity index (χ1) is 13.1. The minimum atomic E-state index is -0.135. The lowest BCUT2D eigenvalue weighted by Gasteiger charge is -2.32. The van der Waals surface area contributed by atoms with Gasteiger partial charge in [-0.05, 0) is 48.6 Å². The zero-order valence-electron chi connectivity index (χ0n) is 15.0. The Morgan fingerprint density at radius 1 is 1.19 bits per heavy atom. The van der Waals surface area contributed by atoms with Crippen molar-refractivity contribution >= 4 is 29.5 Å². The van der Waals surface area contributed by atoms with Crippen LogP contribution in [0.5, 0.6) is 0 Å². The Morgan fingerprint density at radius 3 is 2.67 bits per heavy atom. The Hall–Kier alpha value is -2.66. The number of pyridine rings is 1. The summed E-state index contributed by atoms with van der Waals surface area (Å²) in [6.45, 7) is 2.01. The summed E-state index contributed by atoms with van der Waals surface area (Å²) in [4.78, 5) is 30.3. The van der Waals surface area contributed by atoms with Crippen LogP contribution in [-0.4, -0.2) is 41.3 Å². The van der Waals surface area contributed by atoms with E-state index in [1.807, 2.05) is 23.1 Å². The van der Waals surface area contributed by atoms with Gasteiger partial charge in [-0.1, -0.05) is 29.8 Å². The fourth-order valence-corrected chi connectivity index (χ4v) is 3.29. The predicted octanol–water partition coefficient (Wildman–Crippen LogP) is 3.42. The number of piperidine rings is 1. The number of likely N-dealkylation sites (tertiary alicyclic amines) is 1. The van der Waals surface area contributed by atoms with Crippen LogP contribution >= 0.6 is 11.6 Å². The molecule has 6 heteroatoms. The molecule has 5 nitrogen and oxygen atoms in total. The molecule has 2 aromatic rings. The molecule has 2 heterocycles. The van der Waals surface area contributed by atoms with Crippen LogP contribution in [0.2, 0.25) is 5.02 Å². The van der Waals surface area contributed by atoms with E-state index in [1.54, 1.807) is 36.7 Å². The van der Waals surface area contributed by atoms with E-state index in [0.29, 0.717) is 36.1 Å². The van der Waals surface area contributed by atoms with E-state index < -0.39 is 0 Å². The van der Waals surface area contributed by atoms with Crippen molar-refractivity contribution in [3.05, 3.63) is 71.0 Å². The van der Waals surface area contributed by atoms with Crippen LogP contribution in [0.4, 0.5) is 0 Å². The van der Waals surface area contributed by atoms with Crippen LogP contribution in [0, 0.1) is 5.92 Å². The van der Waals surface area contributed by atoms with E-state index in [-0.39, 0.29) is 11.8 Å². The number of aromatic nitrogens is 1. The van der Waals surface area contributed by atoms with Crippen LogP contribution in [0.15, 0.2) is 54.9 Å². The summed E-state index contributed by atoms with van der Waals surface area (Å²) in [5.41, 5.74) is 1.44. The smallest absolute Gasteiger partial charge is 0.255 e. The third-order valence-electron chi connectivity index (χ3n) is 4.69. The summed E-state index contributed by atoms with van der Waals surface area (Å²) in [6, 6.07) is 10.9. The van der Waals surface area contributed by atoms with Crippen molar-refractivity contribution in [2.75, 3.05) is 19.6 Å². The molecule has 1 aliphatic rings. The quantitative estimate of drug-likeness (QED) is 0.805. The number of hydrogen-bond donors (Lipinski definition) is 1. The summed E-state index contributed by atoms with van der Waals surface area (Å²) >= 11 is 6.07. The van der Waals surface area contributed by atoms with Crippen LogP contribution in [0.25, 0.3) is 6.08 Å². The molecule has 1 aromatic carbocycles.